The number of hydrogen-bond donors (Lipinski definition) is 2. The lowest BCUT2D eigenvalue weighted by molar-refractivity contribution is 0.100. The van der Waals surface area contributed by atoms with E-state index in [-0.39, 0.29) is 0 Å². The van der Waals surface area contributed by atoms with Crippen molar-refractivity contribution in [2.45, 2.75) is 6.92 Å². The van der Waals surface area contributed by atoms with Crippen molar-refractivity contribution in [2.75, 3.05) is 7.11 Å². The number of nitrogens with one attached hydrogen (secondary N) is 1. The van der Waals surface area contributed by atoms with E-state index in [1.165, 1.54) is 0 Å². The summed E-state index contributed by atoms with van der Waals surface area (Å²) in [5.74, 6) is 0.353. The largest absolute Gasteiger partial charge is 0.497 e. The number of nitrogens with two attached hydrogens (primary N) is 1. The Bertz CT molecular complexity index is 1110. The molecule has 4 heteroatoms. The normalized spacial score (nSPS) is 11.1. The number of hydrogen-bond acceptors (Lipinski definition) is 2. The molecular formula is C21H18N2O2. The molecule has 3 N–H and O–H groups in total. The standard InChI is InChI=1S/C21H18N2O2/c1-12-3-8-16-17-10-14(13-4-6-15(25-2)7-5-13)11-18(21(22)24)20(17)23-19(16)9-12/h3-11,23H,1-2H3,(H2,22,24). The smallest absolute Gasteiger partial charge is 0.250 e. The fourth-order valence-electron chi connectivity index (χ4n) is 3.26. The van der Waals surface area contributed by atoms with E-state index in [0.29, 0.717) is 5.56 Å². The third-order valence-corrected chi connectivity index (χ3v) is 4.55. The Morgan fingerprint density at radius 2 is 1.72 bits per heavy atom. The molecule has 0 saturated heterocycles. The van der Waals surface area contributed by atoms with Crippen LogP contribution in [0, 0.1) is 6.92 Å². The van der Waals surface area contributed by atoms with Crippen molar-refractivity contribution in [1.82, 2.24) is 4.98 Å². The van der Waals surface area contributed by atoms with Gasteiger partial charge < -0.3 is 15.5 Å². The van der Waals surface area contributed by atoms with Crippen LogP contribution in [0.3, 0.4) is 0 Å². The van der Waals surface area contributed by atoms with Crippen molar-refractivity contribution in [3.63, 3.8) is 0 Å². The van der Waals surface area contributed by atoms with Gasteiger partial charge in [0.05, 0.1) is 18.2 Å². The number of aromatic amines is 1. The summed E-state index contributed by atoms with van der Waals surface area (Å²) < 4.78 is 5.21. The number of benzene rings is 3. The molecule has 4 aromatic rings. The van der Waals surface area contributed by atoms with Gasteiger partial charge in [-0.05, 0) is 53.9 Å². The van der Waals surface area contributed by atoms with E-state index in [1.807, 2.05) is 37.3 Å². The van der Waals surface area contributed by atoms with Crippen LogP contribution in [0.5, 0.6) is 5.75 Å². The molecule has 1 aromatic heterocycles. The summed E-state index contributed by atoms with van der Waals surface area (Å²) in [7, 11) is 1.64. The zero-order valence-corrected chi connectivity index (χ0v) is 14.1. The Morgan fingerprint density at radius 1 is 0.960 bits per heavy atom. The van der Waals surface area contributed by atoms with Crippen LogP contribution in [0.4, 0.5) is 0 Å². The summed E-state index contributed by atoms with van der Waals surface area (Å²) in [4.78, 5) is 15.4. The number of ether oxygens (including phenoxy) is 1. The van der Waals surface area contributed by atoms with Crippen LogP contribution < -0.4 is 10.5 Å². The third kappa shape index (κ3) is 2.52. The Labute approximate surface area is 145 Å². The fourth-order valence-corrected chi connectivity index (χ4v) is 3.26. The number of carbonyl (C=O) groups excluding carboxylic acids is 1. The Balaban J connectivity index is 2.02. The molecule has 25 heavy (non-hydrogen) atoms. The summed E-state index contributed by atoms with van der Waals surface area (Å²) in [5.41, 5.74) is 11.0. The van der Waals surface area contributed by atoms with Gasteiger partial charge in [0, 0.05) is 16.3 Å². The maximum absolute atomic E-state index is 12.0. The second-order valence-corrected chi connectivity index (χ2v) is 6.21. The van der Waals surface area contributed by atoms with Crippen LogP contribution >= 0.6 is 0 Å². The Kier molecular flexibility index (Phi) is 3.46. The first-order valence-electron chi connectivity index (χ1n) is 8.07. The average molecular weight is 330 g/mol. The Hall–Kier alpha value is -3.27. The molecular weight excluding hydrogens is 312 g/mol. The number of primary amides is 1. The van der Waals surface area contributed by atoms with E-state index in [4.69, 9.17) is 10.5 Å². The van der Waals surface area contributed by atoms with E-state index < -0.39 is 5.91 Å². The molecule has 0 radical (unpaired) electrons. The quantitative estimate of drug-likeness (QED) is 0.584. The van der Waals surface area contributed by atoms with Crippen molar-refractivity contribution < 1.29 is 9.53 Å². The van der Waals surface area contributed by atoms with Gasteiger partial charge in [0.1, 0.15) is 5.75 Å². The predicted octanol–water partition coefficient (Wildman–Crippen LogP) is 4.40. The number of aryl methyl sites for hydroxylation is 1. The second-order valence-electron chi connectivity index (χ2n) is 6.21. The van der Waals surface area contributed by atoms with Gasteiger partial charge in [-0.25, -0.2) is 0 Å². The van der Waals surface area contributed by atoms with E-state index in [2.05, 4.69) is 29.2 Å². The highest BCUT2D eigenvalue weighted by molar-refractivity contribution is 6.16. The van der Waals surface area contributed by atoms with Gasteiger partial charge in [0.15, 0.2) is 0 Å². The second kappa shape index (κ2) is 5.67. The summed E-state index contributed by atoms with van der Waals surface area (Å²) >= 11 is 0. The number of H-pyrrole nitrogens is 1. The predicted molar refractivity (Wildman–Crippen MR) is 101 cm³/mol. The number of carbonyl (C=O) groups is 1. The topological polar surface area (TPSA) is 68.1 Å². The average Bonchev–Trinajstić information content (AvgIpc) is 2.98. The van der Waals surface area contributed by atoms with Crippen molar-refractivity contribution in [3.05, 3.63) is 65.7 Å². The lowest BCUT2D eigenvalue weighted by atomic mass is 9.98. The number of fused-ring (bicyclic) bond motifs is 3. The molecule has 0 aliphatic heterocycles. The summed E-state index contributed by atoms with van der Waals surface area (Å²) in [5, 5.41) is 2.08. The number of methoxy groups -OCH3 is 1. The molecule has 0 spiro atoms. The first kappa shape index (κ1) is 15.3. The molecule has 4 nitrogen and oxygen atoms in total. The minimum Gasteiger partial charge on any atom is -0.497 e. The molecule has 1 heterocycles. The first-order chi connectivity index (χ1) is 12.1. The van der Waals surface area contributed by atoms with Crippen molar-refractivity contribution in [2.24, 2.45) is 5.73 Å². The molecule has 4 rings (SSSR count). The zero-order valence-electron chi connectivity index (χ0n) is 14.1. The van der Waals surface area contributed by atoms with Crippen LogP contribution in [0.25, 0.3) is 32.9 Å². The van der Waals surface area contributed by atoms with E-state index in [1.54, 1.807) is 7.11 Å². The molecule has 0 aliphatic carbocycles. The monoisotopic (exact) mass is 330 g/mol. The highest BCUT2D eigenvalue weighted by Crippen LogP contribution is 2.33. The summed E-state index contributed by atoms with van der Waals surface area (Å²) in [6.45, 7) is 2.04. The van der Waals surface area contributed by atoms with Gasteiger partial charge in [-0.15, -0.1) is 0 Å². The summed E-state index contributed by atoms with van der Waals surface area (Å²) in [6, 6.07) is 17.9. The van der Waals surface area contributed by atoms with Gasteiger partial charge in [-0.1, -0.05) is 24.3 Å². The number of aromatic nitrogens is 1. The molecule has 0 aliphatic rings. The van der Waals surface area contributed by atoms with Gasteiger partial charge in [0.25, 0.3) is 5.91 Å². The lowest BCUT2D eigenvalue weighted by Gasteiger charge is -2.07. The Morgan fingerprint density at radius 3 is 2.40 bits per heavy atom. The maximum Gasteiger partial charge on any atom is 0.250 e. The van der Waals surface area contributed by atoms with Crippen LogP contribution in [-0.4, -0.2) is 18.0 Å². The number of amides is 1. The highest BCUT2D eigenvalue weighted by atomic mass is 16.5. The fraction of sp³-hybridized carbons (Fsp3) is 0.0952. The van der Waals surface area contributed by atoms with Gasteiger partial charge in [-0.2, -0.15) is 0 Å². The maximum atomic E-state index is 12.0. The van der Waals surface area contributed by atoms with Crippen LogP contribution in [0.2, 0.25) is 0 Å². The zero-order chi connectivity index (χ0) is 17.6. The molecule has 3 aromatic carbocycles. The van der Waals surface area contributed by atoms with Gasteiger partial charge in [0.2, 0.25) is 0 Å². The molecule has 0 atom stereocenters. The van der Waals surface area contributed by atoms with Crippen molar-refractivity contribution >= 4 is 27.7 Å². The lowest BCUT2D eigenvalue weighted by Crippen LogP contribution is -2.11. The molecule has 0 fully saturated rings. The van der Waals surface area contributed by atoms with Crippen LogP contribution in [0.15, 0.2) is 54.6 Å². The van der Waals surface area contributed by atoms with Crippen molar-refractivity contribution in [3.8, 4) is 16.9 Å². The van der Waals surface area contributed by atoms with Crippen molar-refractivity contribution in [1.29, 1.82) is 0 Å². The minimum atomic E-state index is -0.441. The van der Waals surface area contributed by atoms with Crippen LogP contribution in [0.1, 0.15) is 15.9 Å². The third-order valence-electron chi connectivity index (χ3n) is 4.55. The first-order valence-corrected chi connectivity index (χ1v) is 8.07. The van der Waals surface area contributed by atoms with E-state index in [9.17, 15) is 4.79 Å². The van der Waals surface area contributed by atoms with Gasteiger partial charge >= 0.3 is 0 Å². The molecule has 0 bridgehead atoms. The molecule has 124 valence electrons. The molecule has 0 saturated carbocycles. The molecule has 0 unspecified atom stereocenters. The molecule has 1 amide bonds. The SMILES string of the molecule is COc1ccc(-c2cc(C(N)=O)c3[nH]c4cc(C)ccc4c3c2)cc1. The van der Waals surface area contributed by atoms with E-state index in [0.717, 1.165) is 44.2 Å². The summed E-state index contributed by atoms with van der Waals surface area (Å²) in [6.07, 6.45) is 0. The van der Waals surface area contributed by atoms with Crippen LogP contribution in [-0.2, 0) is 0 Å². The highest BCUT2D eigenvalue weighted by Gasteiger charge is 2.14. The number of rotatable bonds is 3. The van der Waals surface area contributed by atoms with E-state index >= 15 is 0 Å². The van der Waals surface area contributed by atoms with Gasteiger partial charge in [-0.3, -0.25) is 4.79 Å². The minimum absolute atomic E-state index is 0.441.